The largest absolute Gasteiger partial charge is 1.00 e. The molecule has 0 atom stereocenters. The number of hydrogen-bond acceptors (Lipinski definition) is 1. The van der Waals surface area contributed by atoms with Crippen LogP contribution in [0.4, 0.5) is 0 Å². The van der Waals surface area contributed by atoms with Crippen molar-refractivity contribution >= 4 is 0 Å². The fourth-order valence-corrected chi connectivity index (χ4v) is 0. The summed E-state index contributed by atoms with van der Waals surface area (Å²) in [4.78, 5) is 0. The van der Waals surface area contributed by atoms with Gasteiger partial charge >= 0.3 is 0 Å². The van der Waals surface area contributed by atoms with Gasteiger partial charge in [0, 0.05) is 0 Å². The van der Waals surface area contributed by atoms with Crippen LogP contribution in [0, 0.1) is 0 Å². The van der Waals surface area contributed by atoms with Gasteiger partial charge in [-0.25, -0.2) is 0 Å². The monoisotopic (exact) mass is 244 g/mol. The van der Waals surface area contributed by atoms with Crippen molar-refractivity contribution in [2.24, 2.45) is 0 Å². The second-order valence-corrected chi connectivity index (χ2v) is 5.37. The minimum Gasteiger partial charge on any atom is -1.00 e. The molecule has 4 heteroatoms. The predicted molar refractivity (Wildman–Crippen MR) is 49.8 cm³/mol. The summed E-state index contributed by atoms with van der Waals surface area (Å²) in [5.41, 5.74) is 0. The lowest BCUT2D eigenvalue weighted by molar-refractivity contribution is -0.849. The number of halogens is 1. The first-order valence-electron chi connectivity index (χ1n) is 3.58. The van der Waals surface area contributed by atoms with Crippen LogP contribution in [0.25, 0.3) is 0 Å². The summed E-state index contributed by atoms with van der Waals surface area (Å²) in [5, 5.41) is 0. The van der Waals surface area contributed by atoms with Gasteiger partial charge in [-0.1, -0.05) is 0 Å². The molecule has 3 nitrogen and oxygen atoms in total. The first-order valence-corrected chi connectivity index (χ1v) is 3.58. The summed E-state index contributed by atoms with van der Waals surface area (Å²) in [6.07, 6.45) is 0. The predicted octanol–water partition coefficient (Wildman–Crippen LogP) is -2.53. The zero-order valence-electron chi connectivity index (χ0n) is 9.72. The van der Waals surface area contributed by atoms with E-state index in [0.717, 1.165) is 8.97 Å². The first-order chi connectivity index (χ1) is 4.00. The molecular formula is C8H25BrN2O. The molecule has 80 valence electrons. The maximum absolute atomic E-state index is 2.12. The molecule has 0 rings (SSSR count). The first kappa shape index (κ1) is 22.8. The molecule has 0 amide bonds. The van der Waals surface area contributed by atoms with Crippen LogP contribution < -0.4 is 17.0 Å². The molecule has 0 radical (unpaired) electrons. The maximum atomic E-state index is 2.12. The zero-order chi connectivity index (χ0) is 9.00. The van der Waals surface area contributed by atoms with E-state index in [2.05, 4.69) is 56.4 Å². The summed E-state index contributed by atoms with van der Waals surface area (Å²) in [6, 6.07) is 0. The third-order valence-electron chi connectivity index (χ3n) is 0. The Morgan fingerprint density at radius 1 is 0.500 bits per heavy atom. The quantitative estimate of drug-likeness (QED) is 0.433. The van der Waals surface area contributed by atoms with Crippen molar-refractivity contribution < 1.29 is 31.4 Å². The Kier molecular flexibility index (Phi) is 15.2. The Morgan fingerprint density at radius 3 is 0.500 bits per heavy atom. The highest BCUT2D eigenvalue weighted by Gasteiger charge is 1.88. The van der Waals surface area contributed by atoms with Gasteiger partial charge in [-0.05, 0) is 0 Å². The van der Waals surface area contributed by atoms with E-state index in [4.69, 9.17) is 0 Å². The van der Waals surface area contributed by atoms with E-state index < -0.39 is 0 Å². The highest BCUT2D eigenvalue weighted by atomic mass is 79.9. The summed E-state index contributed by atoms with van der Waals surface area (Å²) in [6.45, 7) is 0. The molecule has 0 aliphatic heterocycles. The molecule has 0 aromatic rings. The summed E-state index contributed by atoms with van der Waals surface area (Å²) >= 11 is 0. The van der Waals surface area contributed by atoms with Gasteiger partial charge in [0.15, 0.2) is 0 Å². The van der Waals surface area contributed by atoms with Crippen LogP contribution in [0.3, 0.4) is 0 Å². The maximum Gasteiger partial charge on any atom is 0.0675 e. The van der Waals surface area contributed by atoms with E-state index in [1.165, 1.54) is 0 Å². The fraction of sp³-hybridized carbons (Fsp3) is 1.00. The highest BCUT2D eigenvalue weighted by Crippen LogP contribution is 1.74. The lowest BCUT2D eigenvalue weighted by Crippen LogP contribution is -3.00. The molecule has 0 saturated heterocycles. The minimum absolute atomic E-state index is 0. The zero-order valence-corrected chi connectivity index (χ0v) is 11.3. The van der Waals surface area contributed by atoms with Crippen LogP contribution in [-0.4, -0.2) is 70.8 Å². The molecule has 0 spiro atoms. The molecule has 0 aromatic heterocycles. The van der Waals surface area contributed by atoms with Crippen LogP contribution in [0.2, 0.25) is 0 Å². The number of nitrogens with zero attached hydrogens (tertiary/aromatic N) is 2. The molecule has 1 N–H and O–H groups in total. The third kappa shape index (κ3) is 7000. The molecule has 0 saturated carbocycles. The van der Waals surface area contributed by atoms with Gasteiger partial charge in [0.1, 0.15) is 0 Å². The third-order valence-corrected chi connectivity index (χ3v) is 0. The summed E-state index contributed by atoms with van der Waals surface area (Å²) < 4.78 is 2.00. The minimum atomic E-state index is 0. The van der Waals surface area contributed by atoms with Gasteiger partial charge < -0.3 is 31.4 Å². The van der Waals surface area contributed by atoms with E-state index >= 15 is 0 Å². The Labute approximate surface area is 88.2 Å². The topological polar surface area (TPSA) is 30.0 Å². The summed E-state index contributed by atoms with van der Waals surface area (Å²) in [5.74, 6) is 0. The van der Waals surface area contributed by atoms with Gasteiger partial charge in [0.25, 0.3) is 0 Å². The van der Waals surface area contributed by atoms with E-state index in [9.17, 15) is 0 Å². The lowest BCUT2D eigenvalue weighted by atomic mass is 10.8. The highest BCUT2D eigenvalue weighted by molar-refractivity contribution is 3.87. The van der Waals surface area contributed by atoms with Gasteiger partial charge in [-0.15, -0.1) is 0 Å². The van der Waals surface area contributed by atoms with Crippen LogP contribution in [0.15, 0.2) is 0 Å². The molecule has 0 aromatic carbocycles. The van der Waals surface area contributed by atoms with Gasteiger partial charge in [0.05, 0.1) is 56.4 Å². The normalized spacial score (nSPS) is 10.0. The lowest BCUT2D eigenvalue weighted by Gasteiger charge is -2.14. The molecule has 0 bridgehead atoms. The van der Waals surface area contributed by atoms with Crippen molar-refractivity contribution in [3.63, 3.8) is 0 Å². The molecule has 0 aliphatic carbocycles. The van der Waals surface area contributed by atoms with E-state index in [1.807, 2.05) is 0 Å². The van der Waals surface area contributed by atoms with Crippen LogP contribution in [-0.2, 0) is 0 Å². The average molecular weight is 245 g/mol. The molecule has 12 heavy (non-hydrogen) atoms. The van der Waals surface area contributed by atoms with Gasteiger partial charge in [-0.3, -0.25) is 0 Å². The van der Waals surface area contributed by atoms with Crippen molar-refractivity contribution in [2.45, 2.75) is 0 Å². The van der Waals surface area contributed by atoms with Crippen molar-refractivity contribution in [1.82, 2.24) is 0 Å². The SMILES string of the molecule is C[N+](C)(C)C.C[N+](C)(C)C.[Br-].[OH-]. The fourth-order valence-electron chi connectivity index (χ4n) is 0. The van der Waals surface area contributed by atoms with Crippen molar-refractivity contribution in [3.8, 4) is 0 Å². The smallest absolute Gasteiger partial charge is 0.0675 e. The van der Waals surface area contributed by atoms with Crippen LogP contribution >= 0.6 is 0 Å². The van der Waals surface area contributed by atoms with Crippen LogP contribution in [0.1, 0.15) is 0 Å². The van der Waals surface area contributed by atoms with Gasteiger partial charge in [-0.2, -0.15) is 0 Å². The Bertz CT molecular complexity index is 60.0. The molecular weight excluding hydrogens is 220 g/mol. The molecule has 0 aliphatic rings. The number of rotatable bonds is 0. The van der Waals surface area contributed by atoms with E-state index in [-0.39, 0.29) is 22.5 Å². The van der Waals surface area contributed by atoms with Crippen LogP contribution in [0.5, 0.6) is 0 Å². The van der Waals surface area contributed by atoms with Gasteiger partial charge in [0.2, 0.25) is 0 Å². The van der Waals surface area contributed by atoms with Crippen molar-refractivity contribution in [2.75, 3.05) is 56.4 Å². The Hall–Kier alpha value is 0.360. The number of hydrogen-bond donors (Lipinski definition) is 0. The second-order valence-electron chi connectivity index (χ2n) is 5.37. The average Bonchev–Trinajstić information content (AvgIpc) is 1.12. The number of quaternary nitrogens is 2. The molecule has 0 unspecified atom stereocenters. The van der Waals surface area contributed by atoms with Crippen molar-refractivity contribution in [3.05, 3.63) is 0 Å². The molecule has 0 fully saturated rings. The summed E-state index contributed by atoms with van der Waals surface area (Å²) in [7, 11) is 17.0. The Balaban J connectivity index is -0.0000000457. The van der Waals surface area contributed by atoms with Crippen molar-refractivity contribution in [1.29, 1.82) is 0 Å². The second kappa shape index (κ2) is 7.98. The standard InChI is InChI=1S/2C4H12N.BrH.H2O/c2*1-5(2,3)4;;/h2*1-4H3;1H;1H2/q2*+1;;/p-2. The van der Waals surface area contributed by atoms with E-state index in [1.54, 1.807) is 0 Å². The molecule has 0 heterocycles. The van der Waals surface area contributed by atoms with E-state index in [0.29, 0.717) is 0 Å². The Morgan fingerprint density at radius 2 is 0.500 bits per heavy atom.